The molecular formula is C14H29N2O5S+. The molecule has 0 aromatic rings. The summed E-state index contributed by atoms with van der Waals surface area (Å²) in [6.07, 6.45) is 4.09. The van der Waals surface area contributed by atoms with E-state index in [1.165, 1.54) is 6.42 Å². The summed E-state index contributed by atoms with van der Waals surface area (Å²) in [5.74, 6) is 0.0443. The van der Waals surface area contributed by atoms with Gasteiger partial charge in [0.15, 0.2) is 0 Å². The van der Waals surface area contributed by atoms with Crippen molar-refractivity contribution in [3.05, 3.63) is 0 Å². The van der Waals surface area contributed by atoms with Crippen LogP contribution in [-0.2, 0) is 19.4 Å². The highest BCUT2D eigenvalue weighted by Gasteiger charge is 2.29. The maximum absolute atomic E-state index is 11.6. The highest BCUT2D eigenvalue weighted by molar-refractivity contribution is 7.80. The third-order valence-electron chi connectivity index (χ3n) is 4.18. The van der Waals surface area contributed by atoms with Gasteiger partial charge in [-0.3, -0.25) is 9.35 Å². The molecule has 0 bridgehead atoms. The fraction of sp³-hybridized carbons (Fsp3) is 0.929. The molecule has 22 heavy (non-hydrogen) atoms. The van der Waals surface area contributed by atoms with Gasteiger partial charge in [0.05, 0.1) is 39.3 Å². The van der Waals surface area contributed by atoms with Gasteiger partial charge in [-0.1, -0.05) is 13.8 Å². The van der Waals surface area contributed by atoms with Gasteiger partial charge in [0.2, 0.25) is 5.91 Å². The summed E-state index contributed by atoms with van der Waals surface area (Å²) < 4.78 is 34.9. The Morgan fingerprint density at radius 3 is 2.41 bits per heavy atom. The van der Waals surface area contributed by atoms with E-state index in [0.29, 0.717) is 13.0 Å². The van der Waals surface area contributed by atoms with E-state index >= 15 is 0 Å². The molecule has 1 aliphatic heterocycles. The van der Waals surface area contributed by atoms with E-state index in [-0.39, 0.29) is 18.4 Å². The maximum Gasteiger partial charge on any atom is 0.397 e. The van der Waals surface area contributed by atoms with Gasteiger partial charge in [-0.15, -0.1) is 0 Å². The highest BCUT2D eigenvalue weighted by Crippen LogP contribution is 2.19. The number of likely N-dealkylation sites (tertiary alicyclic amines) is 1. The van der Waals surface area contributed by atoms with Crippen LogP contribution in [0.3, 0.4) is 0 Å². The molecule has 0 aromatic heterocycles. The van der Waals surface area contributed by atoms with Crippen LogP contribution in [0, 0.1) is 5.92 Å². The molecule has 0 spiro atoms. The van der Waals surface area contributed by atoms with E-state index in [4.69, 9.17) is 4.55 Å². The Hall–Kier alpha value is -0.700. The van der Waals surface area contributed by atoms with Gasteiger partial charge in [-0.2, -0.15) is 8.42 Å². The van der Waals surface area contributed by atoms with Gasteiger partial charge in [0.25, 0.3) is 0 Å². The van der Waals surface area contributed by atoms with E-state index in [0.717, 1.165) is 43.5 Å². The van der Waals surface area contributed by atoms with Crippen molar-refractivity contribution in [3.63, 3.8) is 0 Å². The fourth-order valence-corrected chi connectivity index (χ4v) is 3.26. The molecule has 0 aliphatic carbocycles. The smallest absolute Gasteiger partial charge is 0.350 e. The zero-order chi connectivity index (χ0) is 16.6. The normalized spacial score (nSPS) is 18.4. The molecule has 0 aromatic carbocycles. The van der Waals surface area contributed by atoms with Crippen molar-refractivity contribution in [2.75, 3.05) is 39.3 Å². The summed E-state index contributed by atoms with van der Waals surface area (Å²) in [4.78, 5) is 11.6. The topological polar surface area (TPSA) is 92.7 Å². The Morgan fingerprint density at radius 2 is 1.86 bits per heavy atom. The van der Waals surface area contributed by atoms with Crippen LogP contribution < -0.4 is 5.32 Å². The van der Waals surface area contributed by atoms with Gasteiger partial charge in [0, 0.05) is 12.3 Å². The Morgan fingerprint density at radius 1 is 1.23 bits per heavy atom. The predicted octanol–water partition coefficient (Wildman–Crippen LogP) is 0.969. The minimum atomic E-state index is -4.35. The SMILES string of the molecule is CC(C)C(=O)NCC[N+]1(CCCOS(=O)(=O)O)CCCCC1. The number of hydrogen-bond acceptors (Lipinski definition) is 4. The minimum absolute atomic E-state index is 0.00279. The molecule has 7 nitrogen and oxygen atoms in total. The number of amides is 1. The number of piperidine rings is 1. The van der Waals surface area contributed by atoms with Crippen LogP contribution in [0.25, 0.3) is 0 Å². The number of nitrogens with one attached hydrogen (secondary N) is 1. The molecule has 0 unspecified atom stereocenters. The molecule has 2 N–H and O–H groups in total. The molecule has 0 radical (unpaired) electrons. The van der Waals surface area contributed by atoms with E-state index in [1.54, 1.807) is 0 Å². The first-order valence-corrected chi connectivity index (χ1v) is 9.35. The largest absolute Gasteiger partial charge is 0.397 e. The van der Waals surface area contributed by atoms with Crippen LogP contribution in [-0.4, -0.2) is 62.7 Å². The molecule has 1 aliphatic rings. The first kappa shape index (κ1) is 19.3. The maximum atomic E-state index is 11.6. The molecule has 0 atom stereocenters. The Balaban J connectivity index is 2.42. The molecule has 8 heteroatoms. The van der Waals surface area contributed by atoms with Crippen LogP contribution in [0.1, 0.15) is 39.5 Å². The first-order valence-electron chi connectivity index (χ1n) is 7.99. The monoisotopic (exact) mass is 337 g/mol. The second-order valence-electron chi connectivity index (χ2n) is 6.35. The summed E-state index contributed by atoms with van der Waals surface area (Å²) in [5.41, 5.74) is 0. The van der Waals surface area contributed by atoms with Crippen molar-refractivity contribution in [3.8, 4) is 0 Å². The van der Waals surface area contributed by atoms with Crippen LogP contribution in [0.2, 0.25) is 0 Å². The summed E-state index contributed by atoms with van der Waals surface area (Å²) in [5, 5.41) is 2.95. The highest BCUT2D eigenvalue weighted by atomic mass is 32.3. The quantitative estimate of drug-likeness (QED) is 0.371. The van der Waals surface area contributed by atoms with Gasteiger partial charge in [0.1, 0.15) is 0 Å². The molecular weight excluding hydrogens is 308 g/mol. The van der Waals surface area contributed by atoms with Crippen molar-refractivity contribution >= 4 is 16.3 Å². The van der Waals surface area contributed by atoms with Crippen LogP contribution in [0.5, 0.6) is 0 Å². The van der Waals surface area contributed by atoms with Crippen molar-refractivity contribution in [2.24, 2.45) is 5.92 Å². The fourth-order valence-electron chi connectivity index (χ4n) is 2.93. The molecule has 1 saturated heterocycles. The average molecular weight is 337 g/mol. The molecule has 1 amide bonds. The standard InChI is InChI=1S/C14H28N2O5S/c1-13(2)14(17)15-7-11-16(8-4-3-5-9-16)10-6-12-21-22(18,19)20/h13H,3-12H2,1-2H3,(H-,15,17,18,19,20)/p+1. The lowest BCUT2D eigenvalue weighted by molar-refractivity contribution is -0.931. The van der Waals surface area contributed by atoms with Crippen LogP contribution >= 0.6 is 0 Å². The minimum Gasteiger partial charge on any atom is -0.350 e. The molecule has 1 rings (SSSR count). The van der Waals surface area contributed by atoms with E-state index < -0.39 is 10.4 Å². The molecule has 1 heterocycles. The zero-order valence-corrected chi connectivity index (χ0v) is 14.4. The van der Waals surface area contributed by atoms with Crippen molar-refractivity contribution in [1.82, 2.24) is 5.32 Å². The van der Waals surface area contributed by atoms with Gasteiger partial charge in [-0.05, 0) is 19.3 Å². The number of quaternary nitrogens is 1. The third kappa shape index (κ3) is 7.53. The summed E-state index contributed by atoms with van der Waals surface area (Å²) >= 11 is 0. The number of nitrogens with zero attached hydrogens (tertiary/aromatic N) is 1. The van der Waals surface area contributed by atoms with Crippen molar-refractivity contribution in [1.29, 1.82) is 0 Å². The van der Waals surface area contributed by atoms with Crippen molar-refractivity contribution in [2.45, 2.75) is 39.5 Å². The third-order valence-corrected chi connectivity index (χ3v) is 4.65. The number of carbonyl (C=O) groups excluding carboxylic acids is 1. The summed E-state index contributed by atoms with van der Waals surface area (Å²) in [7, 11) is -4.35. The second-order valence-corrected chi connectivity index (χ2v) is 7.44. The summed E-state index contributed by atoms with van der Waals surface area (Å²) in [6, 6.07) is 0. The number of hydrogen-bond donors (Lipinski definition) is 2. The van der Waals surface area contributed by atoms with E-state index in [9.17, 15) is 13.2 Å². The molecule has 130 valence electrons. The Bertz CT molecular complexity index is 444. The Labute approximate surface area is 133 Å². The van der Waals surface area contributed by atoms with Crippen LogP contribution in [0.15, 0.2) is 0 Å². The predicted molar refractivity (Wildman–Crippen MR) is 83.5 cm³/mol. The lowest BCUT2D eigenvalue weighted by Gasteiger charge is -2.41. The number of rotatable bonds is 9. The lowest BCUT2D eigenvalue weighted by atomic mass is 10.1. The molecule has 0 saturated carbocycles. The lowest BCUT2D eigenvalue weighted by Crippen LogP contribution is -2.55. The average Bonchev–Trinajstić information content (AvgIpc) is 2.43. The first-order chi connectivity index (χ1) is 10.2. The van der Waals surface area contributed by atoms with Gasteiger partial charge < -0.3 is 9.80 Å². The van der Waals surface area contributed by atoms with Gasteiger partial charge >= 0.3 is 10.4 Å². The van der Waals surface area contributed by atoms with Crippen molar-refractivity contribution < 1.29 is 26.4 Å². The van der Waals surface area contributed by atoms with E-state index in [2.05, 4.69) is 9.50 Å². The van der Waals surface area contributed by atoms with E-state index in [1.807, 2.05) is 13.8 Å². The molecule has 1 fully saturated rings. The van der Waals surface area contributed by atoms with Gasteiger partial charge in [-0.25, -0.2) is 4.18 Å². The zero-order valence-electron chi connectivity index (χ0n) is 13.6. The van der Waals surface area contributed by atoms with Crippen LogP contribution in [0.4, 0.5) is 0 Å². The second kappa shape index (κ2) is 8.81. The number of carbonyl (C=O) groups is 1. The summed E-state index contributed by atoms with van der Waals surface area (Å²) in [6.45, 7) is 8.11. The Kier molecular flexibility index (Phi) is 7.75.